The van der Waals surface area contributed by atoms with Crippen molar-refractivity contribution >= 4 is 34.2 Å². The molecule has 0 aliphatic rings. The highest BCUT2D eigenvalue weighted by Crippen LogP contribution is 2.27. The molecular formula is C17H14ClN3O3. The lowest BCUT2D eigenvalue weighted by Gasteiger charge is -2.09. The molecule has 0 radical (unpaired) electrons. The van der Waals surface area contributed by atoms with Crippen molar-refractivity contribution in [2.75, 3.05) is 5.32 Å². The summed E-state index contributed by atoms with van der Waals surface area (Å²) in [5, 5.41) is 13.6. The SMILES string of the molecule is Cc1cc(C)nc(NC(=O)c2c(O)c3cc(Cl)ccc3[nH]c2=O)c1. The van der Waals surface area contributed by atoms with Crippen LogP contribution < -0.4 is 10.9 Å². The first kappa shape index (κ1) is 16.0. The van der Waals surface area contributed by atoms with Crippen molar-refractivity contribution in [2.24, 2.45) is 0 Å². The van der Waals surface area contributed by atoms with Gasteiger partial charge in [0.25, 0.3) is 11.5 Å². The number of carbonyl (C=O) groups is 1. The Morgan fingerprint density at radius 3 is 2.71 bits per heavy atom. The molecule has 0 aliphatic carbocycles. The first-order valence-corrected chi connectivity index (χ1v) is 7.54. The van der Waals surface area contributed by atoms with E-state index in [9.17, 15) is 14.7 Å². The second-order valence-corrected chi connectivity index (χ2v) is 5.93. The molecule has 0 bridgehead atoms. The molecule has 3 rings (SSSR count). The Hall–Kier alpha value is -2.86. The van der Waals surface area contributed by atoms with Gasteiger partial charge in [0.15, 0.2) is 0 Å². The number of amides is 1. The van der Waals surface area contributed by atoms with E-state index >= 15 is 0 Å². The lowest BCUT2D eigenvalue weighted by atomic mass is 10.1. The van der Waals surface area contributed by atoms with Gasteiger partial charge >= 0.3 is 0 Å². The Kier molecular flexibility index (Phi) is 3.99. The number of aromatic amines is 1. The van der Waals surface area contributed by atoms with Crippen LogP contribution >= 0.6 is 11.6 Å². The summed E-state index contributed by atoms with van der Waals surface area (Å²) < 4.78 is 0. The first-order valence-electron chi connectivity index (χ1n) is 7.16. The molecule has 0 saturated carbocycles. The molecule has 0 saturated heterocycles. The quantitative estimate of drug-likeness (QED) is 0.666. The normalized spacial score (nSPS) is 10.8. The van der Waals surface area contributed by atoms with Gasteiger partial charge in [-0.1, -0.05) is 11.6 Å². The van der Waals surface area contributed by atoms with Crippen molar-refractivity contribution in [2.45, 2.75) is 13.8 Å². The smallest absolute Gasteiger partial charge is 0.266 e. The van der Waals surface area contributed by atoms with Crippen LogP contribution in [-0.2, 0) is 0 Å². The zero-order valence-electron chi connectivity index (χ0n) is 13.0. The summed E-state index contributed by atoms with van der Waals surface area (Å²) in [6.07, 6.45) is 0. The molecule has 1 aromatic carbocycles. The Morgan fingerprint density at radius 1 is 1.25 bits per heavy atom. The highest BCUT2D eigenvalue weighted by molar-refractivity contribution is 6.31. The van der Waals surface area contributed by atoms with Gasteiger partial charge in [0.05, 0.1) is 5.52 Å². The predicted molar refractivity (Wildman–Crippen MR) is 92.9 cm³/mol. The molecule has 2 heterocycles. The number of carbonyl (C=O) groups excluding carboxylic acids is 1. The lowest BCUT2D eigenvalue weighted by Crippen LogP contribution is -2.24. The van der Waals surface area contributed by atoms with E-state index in [1.54, 1.807) is 25.1 Å². The van der Waals surface area contributed by atoms with Gasteiger partial charge in [-0.2, -0.15) is 0 Å². The van der Waals surface area contributed by atoms with E-state index in [0.717, 1.165) is 11.3 Å². The lowest BCUT2D eigenvalue weighted by molar-refractivity contribution is 0.102. The van der Waals surface area contributed by atoms with Gasteiger partial charge in [-0.3, -0.25) is 9.59 Å². The van der Waals surface area contributed by atoms with Gasteiger partial charge < -0.3 is 15.4 Å². The Morgan fingerprint density at radius 2 is 2.00 bits per heavy atom. The summed E-state index contributed by atoms with van der Waals surface area (Å²) in [6, 6.07) is 8.16. The molecule has 2 aromatic heterocycles. The number of pyridine rings is 2. The van der Waals surface area contributed by atoms with E-state index in [0.29, 0.717) is 21.7 Å². The maximum absolute atomic E-state index is 12.4. The summed E-state index contributed by atoms with van der Waals surface area (Å²) >= 11 is 5.91. The van der Waals surface area contributed by atoms with Crippen LogP contribution in [-0.4, -0.2) is 21.0 Å². The molecule has 0 unspecified atom stereocenters. The molecule has 0 atom stereocenters. The predicted octanol–water partition coefficient (Wildman–Crippen LogP) is 3.15. The van der Waals surface area contributed by atoms with Crippen molar-refractivity contribution in [3.8, 4) is 5.75 Å². The number of halogens is 1. The van der Waals surface area contributed by atoms with Crippen LogP contribution in [0, 0.1) is 13.8 Å². The number of nitrogens with one attached hydrogen (secondary N) is 2. The average Bonchev–Trinajstić information content (AvgIpc) is 2.47. The van der Waals surface area contributed by atoms with E-state index in [4.69, 9.17) is 11.6 Å². The van der Waals surface area contributed by atoms with Crippen molar-refractivity contribution in [1.82, 2.24) is 9.97 Å². The molecule has 1 amide bonds. The maximum atomic E-state index is 12.4. The third-order valence-electron chi connectivity index (χ3n) is 3.52. The molecular weight excluding hydrogens is 330 g/mol. The zero-order valence-corrected chi connectivity index (χ0v) is 13.7. The van der Waals surface area contributed by atoms with Gasteiger partial charge in [0.2, 0.25) is 0 Å². The van der Waals surface area contributed by atoms with Crippen molar-refractivity contribution < 1.29 is 9.90 Å². The monoisotopic (exact) mass is 343 g/mol. The minimum atomic E-state index is -0.742. The number of benzene rings is 1. The molecule has 7 heteroatoms. The van der Waals surface area contributed by atoms with E-state index in [2.05, 4.69) is 15.3 Å². The number of aromatic hydroxyl groups is 1. The number of aryl methyl sites for hydroxylation is 2. The largest absolute Gasteiger partial charge is 0.506 e. The minimum absolute atomic E-state index is 0.292. The minimum Gasteiger partial charge on any atom is -0.506 e. The third kappa shape index (κ3) is 2.96. The number of hydrogen-bond acceptors (Lipinski definition) is 4. The highest BCUT2D eigenvalue weighted by atomic mass is 35.5. The van der Waals surface area contributed by atoms with Gasteiger partial charge in [-0.05, 0) is 49.7 Å². The Bertz CT molecular complexity index is 1010. The van der Waals surface area contributed by atoms with Gasteiger partial charge in [-0.15, -0.1) is 0 Å². The molecule has 0 spiro atoms. The van der Waals surface area contributed by atoms with Crippen LogP contribution in [0.2, 0.25) is 5.02 Å². The third-order valence-corrected chi connectivity index (χ3v) is 3.75. The number of aromatic nitrogens is 2. The summed E-state index contributed by atoms with van der Waals surface area (Å²) in [7, 11) is 0. The molecule has 3 aromatic rings. The van der Waals surface area contributed by atoms with Crippen LogP contribution in [0.4, 0.5) is 5.82 Å². The molecule has 122 valence electrons. The molecule has 6 nitrogen and oxygen atoms in total. The van der Waals surface area contributed by atoms with Crippen molar-refractivity contribution in [1.29, 1.82) is 0 Å². The topological polar surface area (TPSA) is 95.1 Å². The van der Waals surface area contributed by atoms with Crippen LogP contribution in [0.15, 0.2) is 35.1 Å². The standard InChI is InChI=1S/C17H14ClN3O3/c1-8-5-9(2)19-13(6-8)21-17(24)14-15(22)11-7-10(18)3-4-12(11)20-16(14)23/h3-7H,1-2H3,(H,19,21,24)(H2,20,22,23). The molecule has 0 fully saturated rings. The number of nitrogens with zero attached hydrogens (tertiary/aromatic N) is 1. The number of fused-ring (bicyclic) bond motifs is 1. The number of hydrogen-bond donors (Lipinski definition) is 3. The average molecular weight is 344 g/mol. The van der Waals surface area contributed by atoms with E-state index < -0.39 is 17.2 Å². The van der Waals surface area contributed by atoms with Crippen LogP contribution in [0.3, 0.4) is 0 Å². The van der Waals surface area contributed by atoms with Crippen LogP contribution in [0.1, 0.15) is 21.6 Å². The second-order valence-electron chi connectivity index (χ2n) is 5.49. The number of H-pyrrole nitrogens is 1. The fraction of sp³-hybridized carbons (Fsp3) is 0.118. The summed E-state index contributed by atoms with van der Waals surface area (Å²) in [5.74, 6) is -0.853. The van der Waals surface area contributed by atoms with Crippen LogP contribution in [0.5, 0.6) is 5.75 Å². The number of anilines is 1. The van der Waals surface area contributed by atoms with Crippen molar-refractivity contribution in [3.05, 3.63) is 62.5 Å². The summed E-state index contributed by atoms with van der Waals surface area (Å²) in [6.45, 7) is 3.66. The molecule has 3 N–H and O–H groups in total. The number of rotatable bonds is 2. The maximum Gasteiger partial charge on any atom is 0.266 e. The molecule has 0 aliphatic heterocycles. The Balaban J connectivity index is 2.08. The second kappa shape index (κ2) is 5.98. The van der Waals surface area contributed by atoms with E-state index in [1.165, 1.54) is 6.07 Å². The fourth-order valence-corrected chi connectivity index (χ4v) is 2.72. The van der Waals surface area contributed by atoms with E-state index in [1.807, 2.05) is 13.0 Å². The fourth-order valence-electron chi connectivity index (χ4n) is 2.54. The van der Waals surface area contributed by atoms with Crippen LogP contribution in [0.25, 0.3) is 10.9 Å². The molecule has 24 heavy (non-hydrogen) atoms. The highest BCUT2D eigenvalue weighted by Gasteiger charge is 2.20. The summed E-state index contributed by atoms with van der Waals surface area (Å²) in [5.41, 5.74) is 0.966. The zero-order chi connectivity index (χ0) is 17.4. The van der Waals surface area contributed by atoms with E-state index in [-0.39, 0.29) is 5.56 Å². The van der Waals surface area contributed by atoms with Gasteiger partial charge in [0, 0.05) is 16.1 Å². The van der Waals surface area contributed by atoms with Gasteiger partial charge in [-0.25, -0.2) is 4.98 Å². The first-order chi connectivity index (χ1) is 11.3. The van der Waals surface area contributed by atoms with Crippen molar-refractivity contribution in [3.63, 3.8) is 0 Å². The van der Waals surface area contributed by atoms with Gasteiger partial charge in [0.1, 0.15) is 17.1 Å². The summed E-state index contributed by atoms with van der Waals surface area (Å²) in [4.78, 5) is 31.4. The Labute approximate surface area is 142 Å².